The van der Waals surface area contributed by atoms with E-state index in [2.05, 4.69) is 32.9 Å². The van der Waals surface area contributed by atoms with Crippen molar-refractivity contribution in [3.8, 4) is 0 Å². The number of amides is 1. The first-order chi connectivity index (χ1) is 13.6. The molecule has 0 bridgehead atoms. The molecule has 0 saturated heterocycles. The topological polar surface area (TPSA) is 84.2 Å². The highest BCUT2D eigenvalue weighted by Gasteiger charge is 2.16. The predicted molar refractivity (Wildman–Crippen MR) is 110 cm³/mol. The first-order valence-electron chi connectivity index (χ1n) is 9.93. The molecule has 1 amide bonds. The van der Waals surface area contributed by atoms with Crippen molar-refractivity contribution in [2.45, 2.75) is 58.4 Å². The molecule has 1 aliphatic carbocycles. The number of carbonyl (C=O) groups excluding carboxylic acids is 1. The number of fused-ring (bicyclic) bond motifs is 1. The fourth-order valence-corrected chi connectivity index (χ4v) is 3.61. The lowest BCUT2D eigenvalue weighted by Crippen LogP contribution is -2.17. The third-order valence-electron chi connectivity index (χ3n) is 5.40. The lowest BCUT2D eigenvalue weighted by Gasteiger charge is -2.12. The van der Waals surface area contributed by atoms with Gasteiger partial charge in [-0.1, -0.05) is 18.9 Å². The maximum Gasteiger partial charge on any atom is 0.224 e. The van der Waals surface area contributed by atoms with Crippen molar-refractivity contribution in [3.63, 3.8) is 0 Å². The Balaban J connectivity index is 1.40. The molecule has 0 unspecified atom stereocenters. The summed E-state index contributed by atoms with van der Waals surface area (Å²) < 4.78 is 1.74. The highest BCUT2D eigenvalue weighted by Crippen LogP contribution is 2.21. The summed E-state index contributed by atoms with van der Waals surface area (Å²) in [7, 11) is 0. The van der Waals surface area contributed by atoms with E-state index in [1.807, 2.05) is 37.3 Å². The maximum atomic E-state index is 12.3. The number of nitrogens with zero attached hydrogens (tertiary/aromatic N) is 4. The van der Waals surface area contributed by atoms with E-state index >= 15 is 0 Å². The lowest BCUT2D eigenvalue weighted by molar-refractivity contribution is -0.116. The van der Waals surface area contributed by atoms with E-state index in [4.69, 9.17) is 0 Å². The fraction of sp³-hybridized carbons (Fsp3) is 0.429. The van der Waals surface area contributed by atoms with Crippen LogP contribution in [0.5, 0.6) is 0 Å². The van der Waals surface area contributed by atoms with Crippen molar-refractivity contribution in [3.05, 3.63) is 47.3 Å². The molecule has 1 aromatic carbocycles. The minimum absolute atomic E-state index is 0.0414. The summed E-state index contributed by atoms with van der Waals surface area (Å²) in [5, 5.41) is 19.5. The average Bonchev–Trinajstić information content (AvgIpc) is 3.33. The first-order valence-corrected chi connectivity index (χ1v) is 9.93. The van der Waals surface area contributed by atoms with E-state index in [0.29, 0.717) is 30.4 Å². The number of rotatable bonds is 6. The Morgan fingerprint density at radius 3 is 2.71 bits per heavy atom. The highest BCUT2D eigenvalue weighted by molar-refractivity contribution is 5.90. The molecule has 0 aliphatic heterocycles. The zero-order valence-corrected chi connectivity index (χ0v) is 16.4. The standard InChI is InChI=1S/C21H26N6O/c1-14-7-8-17(13-15(14)2)23-21(28)12-11-20-25-24-19-10-9-18(26-27(19)20)22-16-5-3-4-6-16/h7-10,13,16H,3-6,11-12H2,1-2H3,(H,22,26)(H,23,28). The van der Waals surface area contributed by atoms with E-state index in [1.54, 1.807) is 4.52 Å². The van der Waals surface area contributed by atoms with Crippen LogP contribution in [0, 0.1) is 13.8 Å². The Kier molecular flexibility index (Phi) is 5.23. The number of hydrogen-bond donors (Lipinski definition) is 2. The van der Waals surface area contributed by atoms with Crippen LogP contribution >= 0.6 is 0 Å². The number of hydrogen-bond acceptors (Lipinski definition) is 5. The summed E-state index contributed by atoms with van der Waals surface area (Å²) in [6.45, 7) is 4.09. The Hall–Kier alpha value is -2.96. The zero-order valence-electron chi connectivity index (χ0n) is 16.4. The minimum atomic E-state index is -0.0414. The summed E-state index contributed by atoms with van der Waals surface area (Å²) in [5.74, 6) is 1.49. The summed E-state index contributed by atoms with van der Waals surface area (Å²) in [4.78, 5) is 12.3. The molecular formula is C21H26N6O. The molecule has 1 aliphatic rings. The molecule has 2 N–H and O–H groups in total. The second kappa shape index (κ2) is 7.96. The van der Waals surface area contributed by atoms with E-state index in [1.165, 1.54) is 31.2 Å². The van der Waals surface area contributed by atoms with E-state index in [0.717, 1.165) is 17.1 Å². The average molecular weight is 378 g/mol. The van der Waals surface area contributed by atoms with Crippen molar-refractivity contribution in [1.29, 1.82) is 0 Å². The summed E-state index contributed by atoms with van der Waals surface area (Å²) in [6.07, 6.45) is 5.73. The van der Waals surface area contributed by atoms with Crippen LogP contribution in [-0.2, 0) is 11.2 Å². The largest absolute Gasteiger partial charge is 0.366 e. The molecule has 4 rings (SSSR count). The molecule has 1 fully saturated rings. The molecule has 0 spiro atoms. The number of aryl methyl sites for hydroxylation is 3. The summed E-state index contributed by atoms with van der Waals surface area (Å²) >= 11 is 0. The summed E-state index contributed by atoms with van der Waals surface area (Å²) in [5.41, 5.74) is 3.88. The first kappa shape index (κ1) is 18.4. The molecule has 2 aromatic heterocycles. The highest BCUT2D eigenvalue weighted by atomic mass is 16.1. The molecule has 146 valence electrons. The van der Waals surface area contributed by atoms with Gasteiger partial charge in [0.25, 0.3) is 0 Å². The van der Waals surface area contributed by atoms with Crippen molar-refractivity contribution >= 4 is 23.1 Å². The molecule has 3 aromatic rings. The zero-order chi connectivity index (χ0) is 19.5. The van der Waals surface area contributed by atoms with Gasteiger partial charge in [-0.25, -0.2) is 0 Å². The smallest absolute Gasteiger partial charge is 0.224 e. The second-order valence-electron chi connectivity index (χ2n) is 7.58. The Morgan fingerprint density at radius 2 is 1.93 bits per heavy atom. The SMILES string of the molecule is Cc1ccc(NC(=O)CCc2nnc3ccc(NC4CCCC4)nn23)cc1C. The van der Waals surface area contributed by atoms with Crippen molar-refractivity contribution in [2.24, 2.45) is 0 Å². The van der Waals surface area contributed by atoms with Gasteiger partial charge in [-0.15, -0.1) is 15.3 Å². The van der Waals surface area contributed by atoms with Gasteiger partial charge in [0.2, 0.25) is 5.91 Å². The van der Waals surface area contributed by atoms with Gasteiger partial charge in [0, 0.05) is 24.6 Å². The van der Waals surface area contributed by atoms with Gasteiger partial charge < -0.3 is 10.6 Å². The molecule has 0 radical (unpaired) electrons. The number of carbonyl (C=O) groups is 1. The van der Waals surface area contributed by atoms with Gasteiger partial charge in [-0.3, -0.25) is 4.79 Å². The molecule has 28 heavy (non-hydrogen) atoms. The Bertz CT molecular complexity index is 990. The van der Waals surface area contributed by atoms with Gasteiger partial charge in [0.1, 0.15) is 5.82 Å². The van der Waals surface area contributed by atoms with Gasteiger partial charge in [0.15, 0.2) is 11.5 Å². The van der Waals surface area contributed by atoms with Gasteiger partial charge >= 0.3 is 0 Å². The minimum Gasteiger partial charge on any atom is -0.366 e. The van der Waals surface area contributed by atoms with Gasteiger partial charge in [-0.05, 0) is 62.1 Å². The fourth-order valence-electron chi connectivity index (χ4n) is 3.61. The van der Waals surface area contributed by atoms with Crippen LogP contribution in [-0.4, -0.2) is 31.8 Å². The van der Waals surface area contributed by atoms with E-state index < -0.39 is 0 Å². The van der Waals surface area contributed by atoms with Crippen LogP contribution in [0.3, 0.4) is 0 Å². The van der Waals surface area contributed by atoms with Crippen LogP contribution in [0.4, 0.5) is 11.5 Å². The molecule has 0 atom stereocenters. The van der Waals surface area contributed by atoms with Crippen molar-refractivity contribution in [1.82, 2.24) is 19.8 Å². The number of aromatic nitrogens is 4. The lowest BCUT2D eigenvalue weighted by atomic mass is 10.1. The monoisotopic (exact) mass is 378 g/mol. The number of benzene rings is 1. The van der Waals surface area contributed by atoms with Crippen LogP contribution < -0.4 is 10.6 Å². The molecule has 1 saturated carbocycles. The van der Waals surface area contributed by atoms with E-state index in [9.17, 15) is 4.79 Å². The predicted octanol–water partition coefficient (Wildman–Crippen LogP) is 3.67. The molecule has 2 heterocycles. The summed E-state index contributed by atoms with van der Waals surface area (Å²) in [6, 6.07) is 10.3. The van der Waals surface area contributed by atoms with Crippen LogP contribution in [0.1, 0.15) is 49.1 Å². The molecule has 7 nitrogen and oxygen atoms in total. The second-order valence-corrected chi connectivity index (χ2v) is 7.58. The quantitative estimate of drug-likeness (QED) is 0.684. The molecular weight excluding hydrogens is 352 g/mol. The van der Waals surface area contributed by atoms with Crippen molar-refractivity contribution < 1.29 is 4.79 Å². The van der Waals surface area contributed by atoms with Crippen LogP contribution in [0.2, 0.25) is 0 Å². The third kappa shape index (κ3) is 4.13. The number of nitrogens with one attached hydrogen (secondary N) is 2. The Morgan fingerprint density at radius 1 is 1.11 bits per heavy atom. The maximum absolute atomic E-state index is 12.3. The third-order valence-corrected chi connectivity index (χ3v) is 5.40. The van der Waals surface area contributed by atoms with Gasteiger partial charge in [0.05, 0.1) is 0 Å². The molecule has 7 heteroatoms. The Labute approximate surface area is 164 Å². The van der Waals surface area contributed by atoms with Gasteiger partial charge in [-0.2, -0.15) is 4.52 Å². The van der Waals surface area contributed by atoms with E-state index in [-0.39, 0.29) is 5.91 Å². The normalized spacial score (nSPS) is 14.5. The van der Waals surface area contributed by atoms with Crippen LogP contribution in [0.25, 0.3) is 5.65 Å². The van der Waals surface area contributed by atoms with Crippen molar-refractivity contribution in [2.75, 3.05) is 10.6 Å². The number of anilines is 2. The van der Waals surface area contributed by atoms with Crippen LogP contribution in [0.15, 0.2) is 30.3 Å².